The summed E-state index contributed by atoms with van der Waals surface area (Å²) in [6.07, 6.45) is 0.421. The molecule has 63 heavy (non-hydrogen) atoms. The lowest BCUT2D eigenvalue weighted by Gasteiger charge is -2.35. The second-order valence-corrected chi connectivity index (χ2v) is 15.7. The first kappa shape index (κ1) is 44.0. The van der Waals surface area contributed by atoms with E-state index in [2.05, 4.69) is 16.0 Å². The molecule has 0 saturated heterocycles. The van der Waals surface area contributed by atoms with E-state index >= 15 is 0 Å². The zero-order chi connectivity index (χ0) is 44.8. The molecule has 7 rings (SSSR count). The molecule has 2 aliphatic rings. The van der Waals surface area contributed by atoms with Gasteiger partial charge in [-0.15, -0.1) is 0 Å². The number of carbonyl (C=O) groups is 5. The van der Waals surface area contributed by atoms with Crippen molar-refractivity contribution in [3.05, 3.63) is 123 Å². The van der Waals surface area contributed by atoms with Gasteiger partial charge in [-0.3, -0.25) is 19.2 Å². The van der Waals surface area contributed by atoms with Crippen LogP contribution in [0.25, 0.3) is 22.3 Å². The Morgan fingerprint density at radius 3 is 2.37 bits per heavy atom. The number of nitrogens with two attached hydrogens (primary N) is 3. The quantitative estimate of drug-likeness (QED) is 0.0462. The highest BCUT2D eigenvalue weighted by molar-refractivity contribution is 5.99. The smallest absolute Gasteiger partial charge is 0.457 e. The summed E-state index contributed by atoms with van der Waals surface area (Å²) in [5.41, 5.74) is 20.4. The third kappa shape index (κ3) is 9.39. The minimum atomic E-state index is -1.97. The van der Waals surface area contributed by atoms with Crippen molar-refractivity contribution in [3.8, 4) is 11.4 Å². The van der Waals surface area contributed by atoms with Gasteiger partial charge in [0.1, 0.15) is 25.3 Å². The van der Waals surface area contributed by atoms with E-state index in [0.717, 1.165) is 16.5 Å². The van der Waals surface area contributed by atoms with Crippen molar-refractivity contribution >= 4 is 52.1 Å². The number of rotatable bonds is 16. The number of anilines is 2. The minimum absolute atomic E-state index is 0.0529. The van der Waals surface area contributed by atoms with Crippen LogP contribution in [0, 0.1) is 0 Å². The molecular formula is C46H50N8O9. The highest BCUT2D eigenvalue weighted by atomic mass is 16.7. The summed E-state index contributed by atoms with van der Waals surface area (Å²) in [7, 11) is 0. The Morgan fingerprint density at radius 1 is 0.905 bits per heavy atom. The van der Waals surface area contributed by atoms with Crippen LogP contribution in [0.5, 0.6) is 0 Å². The summed E-state index contributed by atoms with van der Waals surface area (Å²) in [4.78, 5) is 85.3. The summed E-state index contributed by atoms with van der Waals surface area (Å²) in [5.74, 6) is -2.38. The monoisotopic (exact) mass is 858 g/mol. The summed E-state index contributed by atoms with van der Waals surface area (Å²) >= 11 is 0. The van der Waals surface area contributed by atoms with E-state index in [4.69, 9.17) is 36.4 Å². The molecular weight excluding hydrogens is 809 g/mol. The predicted octanol–water partition coefficient (Wildman–Crippen LogP) is 3.65. The first-order valence-electron chi connectivity index (χ1n) is 20.8. The van der Waals surface area contributed by atoms with Gasteiger partial charge in [0.2, 0.25) is 23.3 Å². The average molecular weight is 859 g/mol. The lowest BCUT2D eigenvalue weighted by atomic mass is 9.85. The van der Waals surface area contributed by atoms with Crippen LogP contribution in [-0.2, 0) is 65.2 Å². The first-order valence-corrected chi connectivity index (χ1v) is 20.8. The van der Waals surface area contributed by atoms with Crippen LogP contribution in [0.2, 0.25) is 0 Å². The van der Waals surface area contributed by atoms with Gasteiger partial charge in [0.15, 0.2) is 0 Å². The maximum absolute atomic E-state index is 13.9. The molecule has 4 atom stereocenters. The molecule has 0 spiro atoms. The largest absolute Gasteiger partial charge is 0.510 e. The Hall–Kier alpha value is -7.11. The van der Waals surface area contributed by atoms with Crippen molar-refractivity contribution in [2.24, 2.45) is 11.5 Å². The van der Waals surface area contributed by atoms with E-state index in [0.29, 0.717) is 53.2 Å². The summed E-state index contributed by atoms with van der Waals surface area (Å²) in [6.45, 7) is 3.24. The summed E-state index contributed by atoms with van der Waals surface area (Å²) in [5, 5.41) is 9.08. The molecule has 3 aromatic carbocycles. The zero-order valence-electron chi connectivity index (χ0n) is 35.0. The molecule has 17 heteroatoms. The van der Waals surface area contributed by atoms with Gasteiger partial charge < -0.3 is 51.9 Å². The number of hydrogen-bond acceptors (Lipinski definition) is 13. The summed E-state index contributed by atoms with van der Waals surface area (Å²) in [6, 6.07) is 21.7. The number of nitrogens with one attached hydrogen (secondary N) is 3. The van der Waals surface area contributed by atoms with Crippen molar-refractivity contribution in [2.75, 3.05) is 17.6 Å². The second kappa shape index (κ2) is 18.9. The number of fused-ring (bicyclic) bond motifs is 5. The Kier molecular flexibility index (Phi) is 13.2. The van der Waals surface area contributed by atoms with E-state index in [1.54, 1.807) is 54.0 Å². The van der Waals surface area contributed by atoms with Gasteiger partial charge in [-0.2, -0.15) is 0 Å². The Morgan fingerprint density at radius 2 is 1.65 bits per heavy atom. The van der Waals surface area contributed by atoms with Crippen molar-refractivity contribution in [2.45, 2.75) is 89.4 Å². The molecule has 0 aliphatic carbocycles. The molecule has 9 N–H and O–H groups in total. The highest BCUT2D eigenvalue weighted by Crippen LogP contribution is 2.41. The zero-order valence-corrected chi connectivity index (χ0v) is 35.0. The fraction of sp³-hybridized carbons (Fsp3) is 0.326. The van der Waals surface area contributed by atoms with Gasteiger partial charge in [-0.05, 0) is 86.7 Å². The Labute approximate surface area is 362 Å². The van der Waals surface area contributed by atoms with E-state index in [9.17, 15) is 28.8 Å². The Bertz CT molecular complexity index is 2620. The second-order valence-electron chi connectivity index (χ2n) is 15.7. The van der Waals surface area contributed by atoms with Gasteiger partial charge >= 0.3 is 12.1 Å². The standard InChI is InChI=1S/C46H50N8O9/c1-3-46(33-22-38-39-29(21-31-34(49)12-9-14-35(31)51-39)23-54(38)43(58)32(33)25-61-44(46)59)63-45(60)62-24-28-15-17-30(18-16-28)50-41(56)36(13-7-8-19-47)52-42(57)37(53-40(55)26(2)48)20-27-10-5-4-6-11-27/h4-6,9-12,14-18,21-22,26,36-37H,3,7-8,13,19-20,23-25,47-49H2,1-2H3,(H,50,56)(H,52,57)(H,53,55)/t26-,36+,37+,46+/m1/s1. The van der Waals surface area contributed by atoms with Gasteiger partial charge in [-0.25, -0.2) is 14.6 Å². The molecule has 2 aliphatic heterocycles. The van der Waals surface area contributed by atoms with Gasteiger partial charge in [0, 0.05) is 34.3 Å². The number of unbranched alkanes of at least 4 members (excludes halogenated alkanes) is 1. The first-order chi connectivity index (χ1) is 30.3. The number of esters is 1. The number of pyridine rings is 2. The number of amides is 3. The highest BCUT2D eigenvalue weighted by Gasteiger charge is 2.51. The molecule has 0 bridgehead atoms. The number of carbonyl (C=O) groups excluding carboxylic acids is 5. The third-order valence-corrected chi connectivity index (χ3v) is 11.3. The number of hydrogen-bond donors (Lipinski definition) is 6. The van der Waals surface area contributed by atoms with Gasteiger partial charge in [0.05, 0.1) is 35.1 Å². The molecule has 0 fully saturated rings. The summed E-state index contributed by atoms with van der Waals surface area (Å²) < 4.78 is 18.2. The number of nitrogens with zero attached hydrogens (tertiary/aromatic N) is 2. The molecule has 2 aromatic heterocycles. The average Bonchev–Trinajstić information content (AvgIpc) is 3.64. The molecule has 328 valence electrons. The third-order valence-electron chi connectivity index (χ3n) is 11.3. The fourth-order valence-corrected chi connectivity index (χ4v) is 7.81. The number of cyclic esters (lactones) is 1. The predicted molar refractivity (Wildman–Crippen MR) is 234 cm³/mol. The van der Waals surface area contributed by atoms with Crippen molar-refractivity contribution < 1.29 is 38.2 Å². The molecule has 0 saturated carbocycles. The number of ether oxygens (including phenoxy) is 3. The molecule has 5 aromatic rings. The molecule has 17 nitrogen and oxygen atoms in total. The Balaban J connectivity index is 1.02. The van der Waals surface area contributed by atoms with Crippen LogP contribution in [0.1, 0.15) is 67.3 Å². The fourth-order valence-electron chi connectivity index (χ4n) is 7.81. The van der Waals surface area contributed by atoms with E-state index in [1.165, 1.54) is 6.92 Å². The van der Waals surface area contributed by atoms with Gasteiger partial charge in [0.25, 0.3) is 5.56 Å². The molecule has 0 radical (unpaired) electrons. The minimum Gasteiger partial charge on any atom is -0.457 e. The van der Waals surface area contributed by atoms with Crippen molar-refractivity contribution in [3.63, 3.8) is 0 Å². The van der Waals surface area contributed by atoms with Crippen LogP contribution < -0.4 is 38.7 Å². The van der Waals surface area contributed by atoms with Crippen LogP contribution >= 0.6 is 0 Å². The van der Waals surface area contributed by atoms with Crippen LogP contribution in [0.3, 0.4) is 0 Å². The number of aromatic nitrogens is 2. The SMILES string of the molecule is CC[C@@]1(OC(=O)OCc2ccc(NC(=O)[C@H](CCCCN)NC(=O)[C@H](Cc3ccccc3)NC(=O)[C@@H](C)N)cc2)C(=O)OCc2c1cc1n(c2=O)Cc2cc3c(N)cccc3nc2-1. The number of benzene rings is 3. The van der Waals surface area contributed by atoms with Crippen LogP contribution in [0.4, 0.5) is 16.2 Å². The molecule has 4 heterocycles. The lowest BCUT2D eigenvalue weighted by Crippen LogP contribution is -2.55. The molecule has 0 unspecified atom stereocenters. The topological polar surface area (TPSA) is 262 Å². The maximum Gasteiger partial charge on any atom is 0.510 e. The van der Waals surface area contributed by atoms with E-state index in [1.807, 2.05) is 42.5 Å². The van der Waals surface area contributed by atoms with E-state index < -0.39 is 59.1 Å². The maximum atomic E-state index is 13.9. The van der Waals surface area contributed by atoms with Crippen molar-refractivity contribution in [1.82, 2.24) is 20.2 Å². The van der Waals surface area contributed by atoms with Crippen LogP contribution in [-0.4, -0.2) is 64.1 Å². The normalized spacial score (nSPS) is 16.3. The van der Waals surface area contributed by atoms with Gasteiger partial charge in [-0.1, -0.05) is 55.5 Å². The molecule has 3 amide bonds. The van der Waals surface area contributed by atoms with E-state index in [-0.39, 0.29) is 50.1 Å². The van der Waals surface area contributed by atoms with Crippen LogP contribution in [0.15, 0.2) is 89.7 Å². The number of nitrogen functional groups attached to an aromatic ring is 1. The lowest BCUT2D eigenvalue weighted by molar-refractivity contribution is -0.175. The van der Waals surface area contributed by atoms with Crippen molar-refractivity contribution in [1.29, 1.82) is 0 Å².